The van der Waals surface area contributed by atoms with E-state index in [2.05, 4.69) is 41.8 Å². The van der Waals surface area contributed by atoms with Crippen molar-refractivity contribution in [1.29, 1.82) is 5.41 Å². The third kappa shape index (κ3) is 8.46. The van der Waals surface area contributed by atoms with Crippen LogP contribution < -0.4 is 22.1 Å². The third-order valence-corrected chi connectivity index (χ3v) is 3.94. The zero-order valence-electron chi connectivity index (χ0n) is 16.4. The molecule has 0 saturated carbocycles. The summed E-state index contributed by atoms with van der Waals surface area (Å²) in [5, 5.41) is 12.4. The second kappa shape index (κ2) is 12.2. The molecule has 2 aromatic rings. The normalized spacial score (nSPS) is 10.8. The van der Waals surface area contributed by atoms with Crippen LogP contribution in [0, 0.1) is 5.41 Å². The predicted molar refractivity (Wildman–Crippen MR) is 112 cm³/mol. The van der Waals surface area contributed by atoms with Gasteiger partial charge in [-0.3, -0.25) is 15.0 Å². The SMILES string of the molecule is CC(NC(=O)CN)C(=O)NCc1ccc(C(=N)N)cc1.CCc1ccccc1. The van der Waals surface area contributed by atoms with Gasteiger partial charge < -0.3 is 22.1 Å². The maximum Gasteiger partial charge on any atom is 0.242 e. The molecule has 0 spiro atoms. The fraction of sp³-hybridized carbons (Fsp3) is 0.286. The Bertz CT molecular complexity index is 760. The van der Waals surface area contributed by atoms with E-state index < -0.39 is 6.04 Å². The van der Waals surface area contributed by atoms with E-state index >= 15 is 0 Å². The summed E-state index contributed by atoms with van der Waals surface area (Å²) < 4.78 is 0. The number of amides is 2. The number of benzene rings is 2. The molecule has 7 nitrogen and oxygen atoms in total. The van der Waals surface area contributed by atoms with Crippen LogP contribution in [0.15, 0.2) is 54.6 Å². The number of amidine groups is 1. The van der Waals surface area contributed by atoms with Crippen molar-refractivity contribution in [2.45, 2.75) is 32.9 Å². The van der Waals surface area contributed by atoms with Gasteiger partial charge in [0, 0.05) is 12.1 Å². The number of rotatable bonds is 7. The fourth-order valence-electron chi connectivity index (χ4n) is 2.22. The van der Waals surface area contributed by atoms with E-state index in [0.717, 1.165) is 12.0 Å². The Morgan fingerprint density at radius 2 is 1.64 bits per heavy atom. The van der Waals surface area contributed by atoms with Gasteiger partial charge in [0.1, 0.15) is 11.9 Å². The number of nitrogens with two attached hydrogens (primary N) is 2. The van der Waals surface area contributed by atoms with Crippen LogP contribution in [0.25, 0.3) is 0 Å². The Morgan fingerprint density at radius 3 is 2.11 bits per heavy atom. The van der Waals surface area contributed by atoms with Crippen molar-refractivity contribution < 1.29 is 9.59 Å². The molecule has 0 fully saturated rings. The van der Waals surface area contributed by atoms with Crippen LogP contribution in [0.4, 0.5) is 0 Å². The summed E-state index contributed by atoms with van der Waals surface area (Å²) in [7, 11) is 0. The molecule has 2 rings (SSSR count). The van der Waals surface area contributed by atoms with Gasteiger partial charge in [0.2, 0.25) is 11.8 Å². The largest absolute Gasteiger partial charge is 0.384 e. The molecule has 150 valence electrons. The fourth-order valence-corrected chi connectivity index (χ4v) is 2.22. The number of aryl methyl sites for hydroxylation is 1. The van der Waals surface area contributed by atoms with Crippen molar-refractivity contribution in [1.82, 2.24) is 10.6 Å². The van der Waals surface area contributed by atoms with Gasteiger partial charge in [-0.15, -0.1) is 0 Å². The lowest BCUT2D eigenvalue weighted by molar-refractivity contribution is -0.128. The van der Waals surface area contributed by atoms with Crippen molar-refractivity contribution in [3.8, 4) is 0 Å². The minimum atomic E-state index is -0.637. The maximum atomic E-state index is 11.7. The summed E-state index contributed by atoms with van der Waals surface area (Å²) in [6.07, 6.45) is 1.14. The van der Waals surface area contributed by atoms with E-state index in [1.165, 1.54) is 5.56 Å². The van der Waals surface area contributed by atoms with Crippen LogP contribution in [0.2, 0.25) is 0 Å². The Morgan fingerprint density at radius 1 is 1.04 bits per heavy atom. The molecule has 2 amide bonds. The molecule has 0 aliphatic heterocycles. The molecule has 0 aliphatic rings. The standard InChI is InChI=1S/C13H19N5O2.C8H10/c1-8(18-11(19)6-14)13(20)17-7-9-2-4-10(5-3-9)12(15)16;1-2-8-6-4-3-5-7-8/h2-5,8H,6-7,14H2,1H3,(H3,15,16)(H,17,20)(H,18,19);3-7H,2H2,1H3. The highest BCUT2D eigenvalue weighted by molar-refractivity contribution is 5.94. The van der Waals surface area contributed by atoms with Gasteiger partial charge in [-0.25, -0.2) is 0 Å². The van der Waals surface area contributed by atoms with E-state index in [4.69, 9.17) is 16.9 Å². The highest BCUT2D eigenvalue weighted by atomic mass is 16.2. The monoisotopic (exact) mass is 383 g/mol. The Hall–Kier alpha value is -3.19. The third-order valence-electron chi connectivity index (χ3n) is 3.94. The van der Waals surface area contributed by atoms with Crippen molar-refractivity contribution >= 4 is 17.6 Å². The molecule has 1 atom stereocenters. The zero-order valence-corrected chi connectivity index (χ0v) is 16.4. The van der Waals surface area contributed by atoms with Crippen molar-refractivity contribution in [2.24, 2.45) is 11.5 Å². The summed E-state index contributed by atoms with van der Waals surface area (Å²) in [5.74, 6) is -0.667. The molecule has 0 radical (unpaired) electrons. The second-order valence-corrected chi connectivity index (χ2v) is 6.16. The Labute approximate surface area is 166 Å². The average Bonchev–Trinajstić information content (AvgIpc) is 2.73. The number of nitrogen functional groups attached to an aromatic ring is 1. The summed E-state index contributed by atoms with van der Waals surface area (Å²) in [4.78, 5) is 22.8. The highest BCUT2D eigenvalue weighted by Gasteiger charge is 2.14. The minimum Gasteiger partial charge on any atom is -0.384 e. The molecule has 7 heteroatoms. The van der Waals surface area contributed by atoms with Gasteiger partial charge in [-0.1, -0.05) is 61.5 Å². The zero-order chi connectivity index (χ0) is 20.9. The number of carbonyl (C=O) groups excluding carboxylic acids is 2. The van der Waals surface area contributed by atoms with Gasteiger partial charge in [0.15, 0.2) is 0 Å². The first-order valence-corrected chi connectivity index (χ1v) is 9.11. The molecule has 2 aromatic carbocycles. The van der Waals surface area contributed by atoms with E-state index in [1.807, 2.05) is 6.07 Å². The predicted octanol–water partition coefficient (Wildman–Crippen LogP) is 1.30. The molecule has 0 heterocycles. The molecule has 0 bridgehead atoms. The summed E-state index contributed by atoms with van der Waals surface area (Å²) >= 11 is 0. The topological polar surface area (TPSA) is 134 Å². The molecule has 0 saturated heterocycles. The quantitative estimate of drug-likeness (QED) is 0.364. The van der Waals surface area contributed by atoms with E-state index in [1.54, 1.807) is 31.2 Å². The van der Waals surface area contributed by atoms with Gasteiger partial charge in [0.05, 0.1) is 6.54 Å². The van der Waals surface area contributed by atoms with Crippen LogP contribution in [-0.4, -0.2) is 30.2 Å². The van der Waals surface area contributed by atoms with E-state index in [9.17, 15) is 9.59 Å². The van der Waals surface area contributed by atoms with Gasteiger partial charge >= 0.3 is 0 Å². The van der Waals surface area contributed by atoms with Crippen LogP contribution in [0.3, 0.4) is 0 Å². The van der Waals surface area contributed by atoms with Crippen molar-refractivity contribution in [3.05, 3.63) is 71.3 Å². The lowest BCUT2D eigenvalue weighted by Gasteiger charge is -2.13. The van der Waals surface area contributed by atoms with Crippen LogP contribution >= 0.6 is 0 Å². The molecule has 0 aliphatic carbocycles. The highest BCUT2D eigenvalue weighted by Crippen LogP contribution is 2.03. The van der Waals surface area contributed by atoms with Gasteiger partial charge in [-0.2, -0.15) is 0 Å². The van der Waals surface area contributed by atoms with Crippen LogP contribution in [0.5, 0.6) is 0 Å². The second-order valence-electron chi connectivity index (χ2n) is 6.16. The van der Waals surface area contributed by atoms with Crippen molar-refractivity contribution in [3.63, 3.8) is 0 Å². The molecule has 0 aromatic heterocycles. The minimum absolute atomic E-state index is 0.00120. The summed E-state index contributed by atoms with van der Waals surface area (Å²) in [6.45, 7) is 3.93. The lowest BCUT2D eigenvalue weighted by atomic mass is 10.1. The molecule has 28 heavy (non-hydrogen) atoms. The Balaban J connectivity index is 0.000000406. The van der Waals surface area contributed by atoms with Crippen LogP contribution in [-0.2, 0) is 22.6 Å². The molecule has 7 N–H and O–H groups in total. The number of nitrogens with one attached hydrogen (secondary N) is 3. The Kier molecular flexibility index (Phi) is 9.99. The summed E-state index contributed by atoms with van der Waals surface area (Å²) in [6, 6.07) is 16.8. The van der Waals surface area contributed by atoms with Crippen LogP contribution in [0.1, 0.15) is 30.5 Å². The molecular weight excluding hydrogens is 354 g/mol. The summed E-state index contributed by atoms with van der Waals surface area (Å²) in [5.41, 5.74) is 13.4. The van der Waals surface area contributed by atoms with Gasteiger partial charge in [-0.05, 0) is 24.5 Å². The average molecular weight is 383 g/mol. The first-order chi connectivity index (χ1) is 13.4. The smallest absolute Gasteiger partial charge is 0.242 e. The van der Waals surface area contributed by atoms with Crippen molar-refractivity contribution in [2.75, 3.05) is 6.54 Å². The maximum absolute atomic E-state index is 11.7. The number of hydrogen-bond acceptors (Lipinski definition) is 4. The lowest BCUT2D eigenvalue weighted by Crippen LogP contribution is -2.46. The number of carbonyl (C=O) groups is 2. The first kappa shape index (κ1) is 22.9. The number of hydrogen-bond donors (Lipinski definition) is 5. The first-order valence-electron chi connectivity index (χ1n) is 9.11. The van der Waals surface area contributed by atoms with E-state index in [-0.39, 0.29) is 24.2 Å². The van der Waals surface area contributed by atoms with Gasteiger partial charge in [0.25, 0.3) is 0 Å². The molecular formula is C21H29N5O2. The van der Waals surface area contributed by atoms with E-state index in [0.29, 0.717) is 12.1 Å². The molecule has 1 unspecified atom stereocenters.